The molecule has 2 aromatic heterocycles. The molecule has 0 spiro atoms. The molecule has 176 valence electrons. The molecular formula is C24H31IN6O2. The van der Waals surface area contributed by atoms with Gasteiger partial charge in [0, 0.05) is 44.0 Å². The number of likely N-dealkylation sites (N-methyl/N-ethyl adjacent to an activating group) is 1. The molecule has 0 saturated carbocycles. The lowest BCUT2D eigenvalue weighted by molar-refractivity contribution is -0.128. The number of halogens is 1. The lowest BCUT2D eigenvalue weighted by Crippen LogP contribution is -2.44. The highest BCUT2D eigenvalue weighted by Gasteiger charge is 2.11. The second-order valence-corrected chi connectivity index (χ2v) is 7.45. The molecule has 0 aliphatic rings. The van der Waals surface area contributed by atoms with Crippen molar-refractivity contribution in [3.05, 3.63) is 71.9 Å². The smallest absolute Gasteiger partial charge is 0.241 e. The van der Waals surface area contributed by atoms with Crippen molar-refractivity contribution in [1.29, 1.82) is 0 Å². The van der Waals surface area contributed by atoms with Gasteiger partial charge in [-0.25, -0.2) is 9.98 Å². The Kier molecular flexibility index (Phi) is 10.8. The molecule has 1 amide bonds. The van der Waals surface area contributed by atoms with E-state index in [0.29, 0.717) is 37.9 Å². The average Bonchev–Trinajstić information content (AvgIpc) is 3.29. The number of rotatable bonds is 9. The number of amides is 1. The minimum atomic E-state index is -0.0189. The van der Waals surface area contributed by atoms with E-state index in [2.05, 4.69) is 25.6 Å². The number of nitrogens with one attached hydrogen (secondary N) is 2. The predicted molar refractivity (Wildman–Crippen MR) is 140 cm³/mol. The summed E-state index contributed by atoms with van der Waals surface area (Å²) in [5, 5.41) is 6.24. The number of hydrogen-bond donors (Lipinski definition) is 2. The summed E-state index contributed by atoms with van der Waals surface area (Å²) in [6, 6.07) is 13.8. The Labute approximate surface area is 211 Å². The van der Waals surface area contributed by atoms with Gasteiger partial charge in [-0.3, -0.25) is 9.78 Å². The first kappa shape index (κ1) is 26.3. The van der Waals surface area contributed by atoms with E-state index >= 15 is 0 Å². The third-order valence-electron chi connectivity index (χ3n) is 4.86. The SMILES string of the molecule is CCNC(=NCc1coc(-c2ccc(C)cc2)n1)NCC(=O)N(C)CCc1ccccn1.I. The molecule has 9 heteroatoms. The molecule has 0 aliphatic carbocycles. The number of benzene rings is 1. The van der Waals surface area contributed by atoms with E-state index in [1.54, 1.807) is 24.4 Å². The molecule has 0 aliphatic heterocycles. The maximum atomic E-state index is 12.5. The molecule has 2 N–H and O–H groups in total. The minimum absolute atomic E-state index is 0. The summed E-state index contributed by atoms with van der Waals surface area (Å²) in [4.78, 5) is 27.5. The van der Waals surface area contributed by atoms with Crippen LogP contribution >= 0.6 is 24.0 Å². The van der Waals surface area contributed by atoms with Crippen LogP contribution in [0.25, 0.3) is 11.5 Å². The third-order valence-corrected chi connectivity index (χ3v) is 4.86. The molecule has 2 heterocycles. The molecule has 1 aromatic carbocycles. The number of guanidine groups is 1. The fourth-order valence-corrected chi connectivity index (χ4v) is 2.96. The van der Waals surface area contributed by atoms with Gasteiger partial charge < -0.3 is 20.0 Å². The number of carbonyl (C=O) groups excluding carboxylic acids is 1. The lowest BCUT2D eigenvalue weighted by atomic mass is 10.1. The van der Waals surface area contributed by atoms with Crippen molar-refractivity contribution in [2.75, 3.05) is 26.7 Å². The monoisotopic (exact) mass is 562 g/mol. The molecule has 0 saturated heterocycles. The Bertz CT molecular complexity index is 1020. The van der Waals surface area contributed by atoms with Gasteiger partial charge in [0.25, 0.3) is 0 Å². The van der Waals surface area contributed by atoms with Crippen molar-refractivity contribution in [3.8, 4) is 11.5 Å². The van der Waals surface area contributed by atoms with Crippen LogP contribution in [-0.4, -0.2) is 53.4 Å². The molecule has 0 unspecified atom stereocenters. The van der Waals surface area contributed by atoms with Crippen LogP contribution in [-0.2, 0) is 17.8 Å². The Hall–Kier alpha value is -2.95. The molecule has 0 radical (unpaired) electrons. The van der Waals surface area contributed by atoms with Gasteiger partial charge in [-0.15, -0.1) is 24.0 Å². The zero-order valence-corrected chi connectivity index (χ0v) is 21.6. The van der Waals surface area contributed by atoms with E-state index in [9.17, 15) is 4.79 Å². The van der Waals surface area contributed by atoms with Crippen LogP contribution in [0.15, 0.2) is 64.3 Å². The van der Waals surface area contributed by atoms with Crippen molar-refractivity contribution in [2.24, 2.45) is 4.99 Å². The summed E-state index contributed by atoms with van der Waals surface area (Å²) in [6.07, 6.45) is 4.09. The van der Waals surface area contributed by atoms with E-state index in [0.717, 1.165) is 17.0 Å². The first-order valence-corrected chi connectivity index (χ1v) is 10.7. The Morgan fingerprint density at radius 2 is 1.91 bits per heavy atom. The standard InChI is InChI=1S/C24H30N6O2.HI/c1-4-25-24(28-16-22(31)30(3)14-12-20-7-5-6-13-26-20)27-15-21-17-32-23(29-21)19-10-8-18(2)9-11-19;/h5-11,13,17H,4,12,14-16H2,1-3H3,(H2,25,27,28);1H. The Balaban J connectivity index is 0.00000385. The van der Waals surface area contributed by atoms with E-state index in [1.165, 1.54) is 5.56 Å². The number of nitrogens with zero attached hydrogens (tertiary/aromatic N) is 4. The van der Waals surface area contributed by atoms with E-state index < -0.39 is 0 Å². The molecule has 0 fully saturated rings. The summed E-state index contributed by atoms with van der Waals surface area (Å²) in [6.45, 7) is 5.79. The zero-order chi connectivity index (χ0) is 22.8. The van der Waals surface area contributed by atoms with Gasteiger partial charge in [-0.2, -0.15) is 0 Å². The van der Waals surface area contributed by atoms with Crippen LogP contribution in [0.4, 0.5) is 0 Å². The summed E-state index contributed by atoms with van der Waals surface area (Å²) >= 11 is 0. The number of pyridine rings is 1. The fourth-order valence-electron chi connectivity index (χ4n) is 2.96. The lowest BCUT2D eigenvalue weighted by Gasteiger charge is -2.18. The van der Waals surface area contributed by atoms with E-state index in [1.807, 2.05) is 56.3 Å². The number of aromatic nitrogens is 2. The Morgan fingerprint density at radius 3 is 2.61 bits per heavy atom. The summed E-state index contributed by atoms with van der Waals surface area (Å²) in [5.41, 5.74) is 3.79. The van der Waals surface area contributed by atoms with Crippen LogP contribution < -0.4 is 10.6 Å². The fraction of sp³-hybridized carbons (Fsp3) is 0.333. The minimum Gasteiger partial charge on any atom is -0.444 e. The van der Waals surface area contributed by atoms with Crippen LogP contribution in [0.1, 0.15) is 23.9 Å². The van der Waals surface area contributed by atoms with Gasteiger partial charge in [0.05, 0.1) is 13.1 Å². The van der Waals surface area contributed by atoms with E-state index in [4.69, 9.17) is 4.42 Å². The van der Waals surface area contributed by atoms with Gasteiger partial charge in [-0.1, -0.05) is 23.8 Å². The summed E-state index contributed by atoms with van der Waals surface area (Å²) in [7, 11) is 1.79. The topological polar surface area (TPSA) is 95.7 Å². The van der Waals surface area contributed by atoms with Gasteiger partial charge in [0.15, 0.2) is 5.96 Å². The molecule has 3 aromatic rings. The maximum Gasteiger partial charge on any atom is 0.241 e. The molecule has 0 bridgehead atoms. The van der Waals surface area contributed by atoms with Crippen molar-refractivity contribution in [3.63, 3.8) is 0 Å². The molecular weight excluding hydrogens is 531 g/mol. The van der Waals surface area contributed by atoms with Crippen molar-refractivity contribution in [1.82, 2.24) is 25.5 Å². The highest BCUT2D eigenvalue weighted by atomic mass is 127. The van der Waals surface area contributed by atoms with Crippen LogP contribution in [0, 0.1) is 6.92 Å². The zero-order valence-electron chi connectivity index (χ0n) is 19.2. The highest BCUT2D eigenvalue weighted by Crippen LogP contribution is 2.19. The number of oxazole rings is 1. The molecule has 8 nitrogen and oxygen atoms in total. The predicted octanol–water partition coefficient (Wildman–Crippen LogP) is 3.42. The van der Waals surface area contributed by atoms with Crippen molar-refractivity contribution >= 4 is 35.8 Å². The van der Waals surface area contributed by atoms with Crippen molar-refractivity contribution < 1.29 is 9.21 Å². The van der Waals surface area contributed by atoms with Gasteiger partial charge >= 0.3 is 0 Å². The van der Waals surface area contributed by atoms with Gasteiger partial charge in [0.1, 0.15) is 12.0 Å². The first-order valence-electron chi connectivity index (χ1n) is 10.7. The molecule has 33 heavy (non-hydrogen) atoms. The first-order chi connectivity index (χ1) is 15.5. The number of carbonyl (C=O) groups is 1. The summed E-state index contributed by atoms with van der Waals surface area (Å²) < 4.78 is 5.59. The largest absolute Gasteiger partial charge is 0.444 e. The highest BCUT2D eigenvalue weighted by molar-refractivity contribution is 14.0. The second-order valence-electron chi connectivity index (χ2n) is 7.45. The Morgan fingerprint density at radius 1 is 1.12 bits per heavy atom. The quantitative estimate of drug-likeness (QED) is 0.236. The van der Waals surface area contributed by atoms with Crippen LogP contribution in [0.3, 0.4) is 0 Å². The third kappa shape index (κ3) is 8.49. The number of aliphatic imine (C=N–C) groups is 1. The van der Waals surface area contributed by atoms with Crippen molar-refractivity contribution in [2.45, 2.75) is 26.8 Å². The summed E-state index contributed by atoms with van der Waals surface area (Å²) in [5.74, 6) is 1.10. The molecule has 3 rings (SSSR count). The van der Waals surface area contributed by atoms with Gasteiger partial charge in [0.2, 0.25) is 11.8 Å². The number of aryl methyl sites for hydroxylation is 1. The second kappa shape index (κ2) is 13.6. The average molecular weight is 562 g/mol. The maximum absolute atomic E-state index is 12.5. The normalized spacial score (nSPS) is 10.9. The van der Waals surface area contributed by atoms with Crippen LogP contribution in [0.5, 0.6) is 0 Å². The van der Waals surface area contributed by atoms with Crippen LogP contribution in [0.2, 0.25) is 0 Å². The molecule has 0 atom stereocenters. The van der Waals surface area contributed by atoms with Gasteiger partial charge in [-0.05, 0) is 38.1 Å². The number of hydrogen-bond acceptors (Lipinski definition) is 5. The van der Waals surface area contributed by atoms with E-state index in [-0.39, 0.29) is 36.4 Å².